The second-order valence-electron chi connectivity index (χ2n) is 4.66. The fraction of sp³-hybridized carbons (Fsp3) is 0.286. The molecule has 3 rings (SSSR count). The largest absolute Gasteiger partial charge is 0.493 e. The van der Waals surface area contributed by atoms with Gasteiger partial charge < -0.3 is 5.11 Å². The fourth-order valence-electron chi connectivity index (χ4n) is 2.39. The van der Waals surface area contributed by atoms with Gasteiger partial charge in [-0.1, -0.05) is 23.2 Å². The van der Waals surface area contributed by atoms with Gasteiger partial charge in [0.15, 0.2) is 5.82 Å². The van der Waals surface area contributed by atoms with Crippen LogP contribution in [0.5, 0.6) is 5.88 Å². The summed E-state index contributed by atoms with van der Waals surface area (Å²) in [5, 5.41) is 11.1. The van der Waals surface area contributed by atoms with Gasteiger partial charge in [0.25, 0.3) is 0 Å². The molecule has 0 fully saturated rings. The van der Waals surface area contributed by atoms with E-state index in [9.17, 15) is 5.11 Å². The van der Waals surface area contributed by atoms with Crippen LogP contribution >= 0.6 is 23.2 Å². The third-order valence-electron chi connectivity index (χ3n) is 3.28. The highest BCUT2D eigenvalue weighted by atomic mass is 35.5. The van der Waals surface area contributed by atoms with Crippen molar-refractivity contribution >= 4 is 23.2 Å². The van der Waals surface area contributed by atoms with Crippen LogP contribution in [0.3, 0.4) is 0 Å². The monoisotopic (exact) mass is 294 g/mol. The molecule has 0 aliphatic heterocycles. The highest BCUT2D eigenvalue weighted by Crippen LogP contribution is 2.31. The third kappa shape index (κ3) is 2.53. The van der Waals surface area contributed by atoms with Crippen LogP contribution < -0.4 is 0 Å². The number of aromatic nitrogens is 2. The molecular weight excluding hydrogens is 283 g/mol. The summed E-state index contributed by atoms with van der Waals surface area (Å²) in [5.74, 6) is 0.554. The van der Waals surface area contributed by atoms with Crippen LogP contribution in [-0.2, 0) is 12.8 Å². The van der Waals surface area contributed by atoms with E-state index in [0.29, 0.717) is 15.9 Å². The Morgan fingerprint density at radius 3 is 2.37 bits per heavy atom. The van der Waals surface area contributed by atoms with Crippen molar-refractivity contribution in [2.75, 3.05) is 0 Å². The predicted molar refractivity (Wildman–Crippen MR) is 75.8 cm³/mol. The molecule has 1 aliphatic rings. The van der Waals surface area contributed by atoms with Crippen molar-refractivity contribution in [1.82, 2.24) is 9.97 Å². The highest BCUT2D eigenvalue weighted by Gasteiger charge is 2.18. The minimum absolute atomic E-state index is 0.0794. The van der Waals surface area contributed by atoms with Crippen molar-refractivity contribution in [2.45, 2.75) is 25.7 Å². The molecule has 19 heavy (non-hydrogen) atoms. The second kappa shape index (κ2) is 4.99. The van der Waals surface area contributed by atoms with Crippen LogP contribution in [-0.4, -0.2) is 15.1 Å². The lowest BCUT2D eigenvalue weighted by molar-refractivity contribution is 0.437. The van der Waals surface area contributed by atoms with Crippen molar-refractivity contribution < 1.29 is 5.11 Å². The van der Waals surface area contributed by atoms with Crippen molar-refractivity contribution in [3.05, 3.63) is 39.5 Å². The molecule has 1 heterocycles. The van der Waals surface area contributed by atoms with E-state index in [0.717, 1.165) is 42.5 Å². The Balaban J connectivity index is 2.12. The fourth-order valence-corrected chi connectivity index (χ4v) is 2.91. The topological polar surface area (TPSA) is 46.0 Å². The molecule has 3 nitrogen and oxygen atoms in total. The molecule has 0 radical (unpaired) electrons. The van der Waals surface area contributed by atoms with Gasteiger partial charge in [-0.3, -0.25) is 0 Å². The van der Waals surface area contributed by atoms with E-state index < -0.39 is 0 Å². The smallest absolute Gasteiger partial charge is 0.217 e. The summed E-state index contributed by atoms with van der Waals surface area (Å²) >= 11 is 12.0. The van der Waals surface area contributed by atoms with Gasteiger partial charge in [0, 0.05) is 21.2 Å². The van der Waals surface area contributed by atoms with Crippen LogP contribution in [0.4, 0.5) is 0 Å². The molecule has 1 aliphatic carbocycles. The first-order chi connectivity index (χ1) is 9.13. The molecule has 0 unspecified atom stereocenters. The van der Waals surface area contributed by atoms with Gasteiger partial charge in [0.05, 0.1) is 5.69 Å². The van der Waals surface area contributed by atoms with Crippen molar-refractivity contribution in [3.8, 4) is 17.3 Å². The molecule has 5 heteroatoms. The molecule has 0 spiro atoms. The van der Waals surface area contributed by atoms with Crippen molar-refractivity contribution in [1.29, 1.82) is 0 Å². The quantitative estimate of drug-likeness (QED) is 0.863. The van der Waals surface area contributed by atoms with Gasteiger partial charge in [-0.05, 0) is 43.9 Å². The summed E-state index contributed by atoms with van der Waals surface area (Å²) in [4.78, 5) is 8.70. The summed E-state index contributed by atoms with van der Waals surface area (Å²) in [6.07, 6.45) is 3.90. The van der Waals surface area contributed by atoms with E-state index in [4.69, 9.17) is 23.2 Å². The number of rotatable bonds is 1. The molecule has 0 amide bonds. The van der Waals surface area contributed by atoms with Crippen LogP contribution in [0.1, 0.15) is 24.1 Å². The minimum atomic E-state index is 0.0794. The number of hydrogen-bond acceptors (Lipinski definition) is 3. The number of fused-ring (bicyclic) bond motifs is 1. The number of aryl methyl sites for hydroxylation is 1. The summed E-state index contributed by atoms with van der Waals surface area (Å²) in [7, 11) is 0. The predicted octanol–water partition coefficient (Wildman–Crippen LogP) is 4.03. The zero-order chi connectivity index (χ0) is 13.4. The molecule has 0 atom stereocenters. The Labute approximate surface area is 121 Å². The number of nitrogens with zero attached hydrogens (tertiary/aromatic N) is 2. The number of hydrogen-bond donors (Lipinski definition) is 1. The molecule has 98 valence electrons. The lowest BCUT2D eigenvalue weighted by atomic mass is 9.96. The SMILES string of the molecule is Oc1nc(-c2cc(Cl)cc(Cl)c2)nc2c1CCCC2. The summed E-state index contributed by atoms with van der Waals surface area (Å²) in [6, 6.07) is 5.15. The molecule has 1 aromatic heterocycles. The van der Waals surface area contributed by atoms with E-state index in [1.165, 1.54) is 0 Å². The normalized spacial score (nSPS) is 14.2. The molecule has 2 aromatic rings. The van der Waals surface area contributed by atoms with Gasteiger partial charge >= 0.3 is 0 Å². The van der Waals surface area contributed by atoms with E-state index >= 15 is 0 Å². The number of halogens is 2. The summed E-state index contributed by atoms with van der Waals surface area (Å²) < 4.78 is 0. The lowest BCUT2D eigenvalue weighted by Crippen LogP contribution is -2.08. The van der Waals surface area contributed by atoms with Gasteiger partial charge in [-0.25, -0.2) is 4.98 Å². The zero-order valence-corrected chi connectivity index (χ0v) is 11.7. The highest BCUT2D eigenvalue weighted by molar-refractivity contribution is 6.35. The maximum absolute atomic E-state index is 10.0. The van der Waals surface area contributed by atoms with Crippen LogP contribution in [0.15, 0.2) is 18.2 Å². The molecule has 1 aromatic carbocycles. The summed E-state index contributed by atoms with van der Waals surface area (Å²) in [6.45, 7) is 0. The first-order valence-electron chi connectivity index (χ1n) is 6.19. The average molecular weight is 295 g/mol. The molecular formula is C14H12Cl2N2O. The first-order valence-corrected chi connectivity index (χ1v) is 6.94. The maximum atomic E-state index is 10.0. The molecule has 0 saturated carbocycles. The Hall–Kier alpha value is -1.32. The van der Waals surface area contributed by atoms with Gasteiger partial charge in [0.2, 0.25) is 5.88 Å². The van der Waals surface area contributed by atoms with E-state index in [-0.39, 0.29) is 5.88 Å². The molecule has 0 bridgehead atoms. The minimum Gasteiger partial charge on any atom is -0.493 e. The Morgan fingerprint density at radius 1 is 0.947 bits per heavy atom. The Morgan fingerprint density at radius 2 is 1.63 bits per heavy atom. The number of aromatic hydroxyl groups is 1. The number of benzene rings is 1. The Kier molecular flexibility index (Phi) is 3.33. The molecule has 0 saturated heterocycles. The van der Waals surface area contributed by atoms with Gasteiger partial charge in [0.1, 0.15) is 0 Å². The van der Waals surface area contributed by atoms with Gasteiger partial charge in [-0.15, -0.1) is 0 Å². The van der Waals surface area contributed by atoms with Crippen LogP contribution in [0, 0.1) is 0 Å². The van der Waals surface area contributed by atoms with Crippen LogP contribution in [0.2, 0.25) is 10.0 Å². The second-order valence-corrected chi connectivity index (χ2v) is 5.53. The third-order valence-corrected chi connectivity index (χ3v) is 3.72. The maximum Gasteiger partial charge on any atom is 0.217 e. The zero-order valence-electron chi connectivity index (χ0n) is 10.2. The van der Waals surface area contributed by atoms with Crippen LogP contribution in [0.25, 0.3) is 11.4 Å². The van der Waals surface area contributed by atoms with Crippen molar-refractivity contribution in [2.24, 2.45) is 0 Å². The van der Waals surface area contributed by atoms with Crippen molar-refractivity contribution in [3.63, 3.8) is 0 Å². The standard InChI is InChI=1S/C14H12Cl2N2O/c15-9-5-8(6-10(16)7-9)13-17-12-4-2-1-3-11(12)14(19)18-13/h5-7H,1-4H2,(H,17,18,19). The molecule has 1 N–H and O–H groups in total. The van der Waals surface area contributed by atoms with E-state index in [1.807, 2.05) is 0 Å². The first kappa shape index (κ1) is 12.7. The van der Waals surface area contributed by atoms with E-state index in [2.05, 4.69) is 9.97 Å². The average Bonchev–Trinajstić information content (AvgIpc) is 2.37. The summed E-state index contributed by atoms with van der Waals surface area (Å²) in [5.41, 5.74) is 2.54. The van der Waals surface area contributed by atoms with E-state index in [1.54, 1.807) is 18.2 Å². The Bertz CT molecular complexity index is 623. The lowest BCUT2D eigenvalue weighted by Gasteiger charge is -2.16. The van der Waals surface area contributed by atoms with Gasteiger partial charge in [-0.2, -0.15) is 4.98 Å².